The second-order valence-corrected chi connectivity index (χ2v) is 11.6. The van der Waals surface area contributed by atoms with Gasteiger partial charge in [0.15, 0.2) is 0 Å². The molecular formula is C33H44FN3O3. The van der Waals surface area contributed by atoms with Crippen LogP contribution in [0.4, 0.5) is 4.39 Å². The Balaban J connectivity index is 1.24. The Morgan fingerprint density at radius 2 is 1.82 bits per heavy atom. The number of ether oxygens (including phenoxy) is 2. The maximum atomic E-state index is 16.4. The van der Waals surface area contributed by atoms with Gasteiger partial charge in [0.25, 0.3) is 0 Å². The quantitative estimate of drug-likeness (QED) is 0.319. The van der Waals surface area contributed by atoms with Crippen molar-refractivity contribution in [1.82, 2.24) is 14.8 Å². The molecular weight excluding hydrogens is 505 g/mol. The Bertz CT molecular complexity index is 1210. The normalized spacial score (nSPS) is 19.1. The Morgan fingerprint density at radius 3 is 2.55 bits per heavy atom. The van der Waals surface area contributed by atoms with Gasteiger partial charge in [-0.25, -0.2) is 4.39 Å². The number of fused-ring (bicyclic) bond motifs is 1. The van der Waals surface area contributed by atoms with Gasteiger partial charge in [0.1, 0.15) is 11.9 Å². The summed E-state index contributed by atoms with van der Waals surface area (Å²) in [4.78, 5) is 9.49. The average Bonchev–Trinajstić information content (AvgIpc) is 3.01. The number of hydrogen-bond donors (Lipinski definition) is 1. The molecule has 0 bridgehead atoms. The standard InChI is InChI=1S/C33H44FN3O3/c1-39-28-9-10-31-29(22-28)32(27(23-35-31)24-37-18-20-40-21-19-37)30(34)11-12-33(25-38)13-16-36(17-14-33)15-5-8-26-6-3-2-4-7-26/h2-4,6-7,9-10,22-23,30,38H,5,8,11-21,24-25H2,1H3/t30-/m1/s1. The molecule has 0 saturated carbocycles. The molecule has 3 heterocycles. The van der Waals surface area contributed by atoms with Gasteiger partial charge in [-0.05, 0) is 92.9 Å². The molecule has 2 aliphatic heterocycles. The lowest BCUT2D eigenvalue weighted by molar-refractivity contribution is 0.0293. The minimum Gasteiger partial charge on any atom is -0.497 e. The summed E-state index contributed by atoms with van der Waals surface area (Å²) in [5.74, 6) is 0.706. The van der Waals surface area contributed by atoms with Gasteiger partial charge in [0.2, 0.25) is 0 Å². The number of morpholine rings is 1. The lowest BCUT2D eigenvalue weighted by Crippen LogP contribution is -2.42. The number of piperidine rings is 1. The summed E-state index contributed by atoms with van der Waals surface area (Å²) in [5.41, 5.74) is 3.60. The molecule has 2 saturated heterocycles. The number of rotatable bonds is 12. The molecule has 216 valence electrons. The predicted molar refractivity (Wildman–Crippen MR) is 157 cm³/mol. The molecule has 6 nitrogen and oxygen atoms in total. The Labute approximate surface area is 238 Å². The summed E-state index contributed by atoms with van der Waals surface area (Å²) in [6.45, 7) is 6.83. The zero-order valence-electron chi connectivity index (χ0n) is 23.9. The van der Waals surface area contributed by atoms with Crippen LogP contribution in [0.25, 0.3) is 10.9 Å². The molecule has 2 aliphatic rings. The van der Waals surface area contributed by atoms with E-state index in [2.05, 4.69) is 45.1 Å². The number of methoxy groups -OCH3 is 1. The van der Waals surface area contributed by atoms with Crippen LogP contribution in [0, 0.1) is 5.41 Å². The first kappa shape index (κ1) is 28.9. The Hall–Kier alpha value is -2.58. The van der Waals surface area contributed by atoms with Crippen molar-refractivity contribution in [2.45, 2.75) is 51.2 Å². The molecule has 0 radical (unpaired) electrons. The van der Waals surface area contributed by atoms with E-state index in [1.807, 2.05) is 24.4 Å². The van der Waals surface area contributed by atoms with Crippen LogP contribution in [0.2, 0.25) is 0 Å². The van der Waals surface area contributed by atoms with E-state index in [-0.39, 0.29) is 12.0 Å². The van der Waals surface area contributed by atoms with E-state index in [4.69, 9.17) is 9.47 Å². The van der Waals surface area contributed by atoms with Crippen molar-refractivity contribution in [3.63, 3.8) is 0 Å². The third kappa shape index (κ3) is 7.19. The van der Waals surface area contributed by atoms with Crippen molar-refractivity contribution in [1.29, 1.82) is 0 Å². The van der Waals surface area contributed by atoms with Crippen LogP contribution in [-0.4, -0.2) is 79.5 Å². The van der Waals surface area contributed by atoms with Crippen LogP contribution in [-0.2, 0) is 17.7 Å². The molecule has 40 heavy (non-hydrogen) atoms. The van der Waals surface area contributed by atoms with Crippen molar-refractivity contribution >= 4 is 10.9 Å². The molecule has 5 rings (SSSR count). The van der Waals surface area contributed by atoms with E-state index in [1.54, 1.807) is 7.11 Å². The number of hydrogen-bond acceptors (Lipinski definition) is 6. The Morgan fingerprint density at radius 1 is 1.05 bits per heavy atom. The second-order valence-electron chi connectivity index (χ2n) is 11.6. The molecule has 0 aliphatic carbocycles. The summed E-state index contributed by atoms with van der Waals surface area (Å²) in [6.07, 6.45) is 5.81. The van der Waals surface area contributed by atoms with E-state index < -0.39 is 6.17 Å². The number of benzene rings is 2. The fraction of sp³-hybridized carbons (Fsp3) is 0.545. The van der Waals surface area contributed by atoms with Crippen LogP contribution in [0.5, 0.6) is 5.75 Å². The largest absolute Gasteiger partial charge is 0.497 e. The maximum absolute atomic E-state index is 16.4. The third-order valence-electron chi connectivity index (χ3n) is 8.97. The third-order valence-corrected chi connectivity index (χ3v) is 8.97. The highest BCUT2D eigenvalue weighted by Crippen LogP contribution is 2.41. The van der Waals surface area contributed by atoms with Gasteiger partial charge in [0.05, 0.1) is 25.8 Å². The topological polar surface area (TPSA) is 58.1 Å². The van der Waals surface area contributed by atoms with Crippen LogP contribution in [0.1, 0.15) is 55.0 Å². The number of aliphatic hydroxyl groups is 1. The van der Waals surface area contributed by atoms with Gasteiger partial charge in [0, 0.05) is 43.4 Å². The summed E-state index contributed by atoms with van der Waals surface area (Å²) < 4.78 is 27.4. The summed E-state index contributed by atoms with van der Waals surface area (Å²) >= 11 is 0. The molecule has 1 N–H and O–H groups in total. The van der Waals surface area contributed by atoms with Crippen LogP contribution >= 0.6 is 0 Å². The van der Waals surface area contributed by atoms with E-state index in [0.717, 1.165) is 80.4 Å². The number of aryl methyl sites for hydroxylation is 1. The average molecular weight is 550 g/mol. The molecule has 7 heteroatoms. The summed E-state index contributed by atoms with van der Waals surface area (Å²) in [7, 11) is 1.64. The maximum Gasteiger partial charge on any atom is 0.126 e. The number of pyridine rings is 1. The zero-order chi connectivity index (χ0) is 27.8. The van der Waals surface area contributed by atoms with Crippen molar-refractivity contribution in [2.75, 3.05) is 59.7 Å². The fourth-order valence-electron chi connectivity index (χ4n) is 6.32. The summed E-state index contributed by atoms with van der Waals surface area (Å²) in [6, 6.07) is 16.3. The Kier molecular flexibility index (Phi) is 10.0. The lowest BCUT2D eigenvalue weighted by Gasteiger charge is -2.41. The summed E-state index contributed by atoms with van der Waals surface area (Å²) in [5, 5.41) is 11.3. The molecule has 2 fully saturated rings. The first-order valence-corrected chi connectivity index (χ1v) is 14.9. The predicted octanol–water partition coefficient (Wildman–Crippen LogP) is 5.57. The van der Waals surface area contributed by atoms with E-state index in [0.29, 0.717) is 38.3 Å². The minimum atomic E-state index is -1.14. The van der Waals surface area contributed by atoms with Crippen LogP contribution in [0.15, 0.2) is 54.7 Å². The number of alkyl halides is 1. The highest BCUT2D eigenvalue weighted by atomic mass is 19.1. The van der Waals surface area contributed by atoms with E-state index in [1.165, 1.54) is 5.56 Å². The number of likely N-dealkylation sites (tertiary alicyclic amines) is 1. The number of aromatic nitrogens is 1. The molecule has 2 aromatic carbocycles. The lowest BCUT2D eigenvalue weighted by atomic mass is 9.74. The van der Waals surface area contributed by atoms with Crippen molar-refractivity contribution in [3.8, 4) is 5.75 Å². The van der Waals surface area contributed by atoms with Crippen molar-refractivity contribution in [2.24, 2.45) is 5.41 Å². The molecule has 1 atom stereocenters. The highest BCUT2D eigenvalue weighted by molar-refractivity contribution is 5.85. The minimum absolute atomic E-state index is 0.114. The molecule has 3 aromatic rings. The van der Waals surface area contributed by atoms with Crippen LogP contribution < -0.4 is 4.74 Å². The van der Waals surface area contributed by atoms with Gasteiger partial charge in [-0.3, -0.25) is 9.88 Å². The van der Waals surface area contributed by atoms with Crippen molar-refractivity contribution in [3.05, 3.63) is 71.4 Å². The zero-order valence-corrected chi connectivity index (χ0v) is 23.9. The first-order valence-electron chi connectivity index (χ1n) is 14.9. The van der Waals surface area contributed by atoms with Crippen molar-refractivity contribution < 1.29 is 19.0 Å². The first-order chi connectivity index (χ1) is 19.6. The van der Waals surface area contributed by atoms with Gasteiger partial charge in [-0.15, -0.1) is 0 Å². The molecule has 0 spiro atoms. The smallest absolute Gasteiger partial charge is 0.126 e. The number of halogens is 1. The molecule has 0 unspecified atom stereocenters. The van der Waals surface area contributed by atoms with Gasteiger partial charge >= 0.3 is 0 Å². The monoisotopic (exact) mass is 549 g/mol. The van der Waals surface area contributed by atoms with E-state index >= 15 is 4.39 Å². The molecule has 1 aromatic heterocycles. The van der Waals surface area contributed by atoms with Gasteiger partial charge in [-0.2, -0.15) is 0 Å². The molecule has 0 amide bonds. The highest BCUT2D eigenvalue weighted by Gasteiger charge is 2.35. The van der Waals surface area contributed by atoms with Crippen LogP contribution in [0.3, 0.4) is 0 Å². The second kappa shape index (κ2) is 13.9. The van der Waals surface area contributed by atoms with E-state index in [9.17, 15) is 5.11 Å². The van der Waals surface area contributed by atoms with Gasteiger partial charge < -0.3 is 19.5 Å². The fourth-order valence-corrected chi connectivity index (χ4v) is 6.32. The van der Waals surface area contributed by atoms with Gasteiger partial charge in [-0.1, -0.05) is 30.3 Å². The number of nitrogens with zero attached hydrogens (tertiary/aromatic N) is 3. The SMILES string of the molecule is COc1ccc2ncc(CN3CCOCC3)c([C@H](F)CCC3(CO)CCN(CCCc4ccccc4)CC3)c2c1. The number of aliphatic hydroxyl groups excluding tert-OH is 1.